The van der Waals surface area contributed by atoms with E-state index >= 15 is 0 Å². The van der Waals surface area contributed by atoms with Gasteiger partial charge in [0.2, 0.25) is 10.0 Å². The molecule has 2 aromatic carbocycles. The molecular weight excluding hydrogens is 333 g/mol. The molecule has 0 amide bonds. The minimum Gasteiger partial charge on any atom is -0.533 e. The molecule has 1 aliphatic heterocycles. The molecule has 2 N–H and O–H groups in total. The minimum atomic E-state index is -3.82. The number of carbonyl (C=O) groups is 1. The third kappa shape index (κ3) is 3.08. The fraction of sp³-hybridized carbons (Fsp3) is 0.133. The summed E-state index contributed by atoms with van der Waals surface area (Å²) in [5.41, 5.74) is 0.497. The number of hydrogen-bond acceptors (Lipinski definition) is 5. The van der Waals surface area contributed by atoms with Crippen LogP contribution in [0.15, 0.2) is 48.5 Å². The maximum Gasteiger partial charge on any atom is 0.544 e. The van der Waals surface area contributed by atoms with Gasteiger partial charge in [-0.05, 0) is 17.7 Å². The maximum atomic E-state index is 12.8. The molecule has 0 radical (unpaired) electrons. The standard InChI is InChI=1S/C15H14BNO6S/c18-15(19)12-7-4-8-13-14(12)23-16(20)10-17(13)24(21,22)9-11-5-2-1-3-6-11/h1-8,20H,9-10H2,(H,18,19). The summed E-state index contributed by atoms with van der Waals surface area (Å²) < 4.78 is 31.7. The molecule has 0 saturated heterocycles. The lowest BCUT2D eigenvalue weighted by Gasteiger charge is -2.32. The van der Waals surface area contributed by atoms with Gasteiger partial charge in [-0.1, -0.05) is 36.4 Å². The Hall–Kier alpha value is -2.52. The number of hydrogen-bond donors (Lipinski definition) is 2. The van der Waals surface area contributed by atoms with Crippen LogP contribution in [0, 0.1) is 0 Å². The largest absolute Gasteiger partial charge is 0.544 e. The predicted molar refractivity (Wildman–Crippen MR) is 88.4 cm³/mol. The van der Waals surface area contributed by atoms with E-state index in [1.165, 1.54) is 18.2 Å². The number of aromatic carboxylic acids is 1. The summed E-state index contributed by atoms with van der Waals surface area (Å²) in [6.07, 6.45) is -0.300. The molecule has 2 aromatic rings. The molecule has 24 heavy (non-hydrogen) atoms. The quantitative estimate of drug-likeness (QED) is 0.804. The number of benzene rings is 2. The van der Waals surface area contributed by atoms with E-state index in [9.17, 15) is 23.3 Å². The van der Waals surface area contributed by atoms with Gasteiger partial charge in [0.05, 0.1) is 17.9 Å². The highest BCUT2D eigenvalue weighted by atomic mass is 32.2. The predicted octanol–water partition coefficient (Wildman–Crippen LogP) is 1.13. The maximum absolute atomic E-state index is 12.8. The highest BCUT2D eigenvalue weighted by Crippen LogP contribution is 2.37. The fourth-order valence-corrected chi connectivity index (χ4v) is 4.12. The number of carboxylic acids is 1. The first-order valence-corrected chi connectivity index (χ1v) is 8.75. The van der Waals surface area contributed by atoms with Crippen LogP contribution in [-0.2, 0) is 15.8 Å². The van der Waals surface area contributed by atoms with Crippen LogP contribution in [0.2, 0.25) is 0 Å². The number of sulfonamides is 1. The number of anilines is 1. The van der Waals surface area contributed by atoms with Crippen LogP contribution >= 0.6 is 0 Å². The van der Waals surface area contributed by atoms with E-state index in [1.54, 1.807) is 30.3 Å². The van der Waals surface area contributed by atoms with Crippen molar-refractivity contribution in [3.8, 4) is 5.75 Å². The first-order chi connectivity index (χ1) is 11.4. The Morgan fingerprint density at radius 1 is 1.17 bits per heavy atom. The van der Waals surface area contributed by atoms with Gasteiger partial charge >= 0.3 is 13.1 Å². The molecule has 3 rings (SSSR count). The van der Waals surface area contributed by atoms with Crippen molar-refractivity contribution in [2.45, 2.75) is 5.75 Å². The average Bonchev–Trinajstić information content (AvgIpc) is 2.53. The first-order valence-electron chi connectivity index (χ1n) is 7.14. The molecule has 7 nitrogen and oxygen atoms in total. The molecule has 0 fully saturated rings. The zero-order valence-electron chi connectivity index (χ0n) is 12.5. The van der Waals surface area contributed by atoms with Crippen LogP contribution in [0.4, 0.5) is 5.69 Å². The van der Waals surface area contributed by atoms with Crippen molar-refractivity contribution >= 4 is 28.8 Å². The van der Waals surface area contributed by atoms with Crippen LogP contribution in [0.3, 0.4) is 0 Å². The van der Waals surface area contributed by atoms with E-state index in [2.05, 4.69) is 0 Å². The normalized spacial score (nSPS) is 14.0. The molecule has 0 aromatic heterocycles. The van der Waals surface area contributed by atoms with Crippen molar-refractivity contribution in [3.05, 3.63) is 59.7 Å². The van der Waals surface area contributed by atoms with Gasteiger partial charge in [0.15, 0.2) is 0 Å². The monoisotopic (exact) mass is 347 g/mol. The number of rotatable bonds is 4. The smallest absolute Gasteiger partial charge is 0.533 e. The van der Waals surface area contributed by atoms with Crippen molar-refractivity contribution in [2.75, 3.05) is 10.7 Å². The summed E-state index contributed by atoms with van der Waals surface area (Å²) in [7, 11) is -5.27. The molecule has 0 bridgehead atoms. The summed E-state index contributed by atoms with van der Waals surface area (Å²) in [6.45, 7) is 0. The van der Waals surface area contributed by atoms with Gasteiger partial charge in [-0.15, -0.1) is 0 Å². The molecular formula is C15H14BNO6S. The Bertz CT molecular complexity index is 871. The summed E-state index contributed by atoms with van der Waals surface area (Å²) in [4.78, 5) is 11.3. The van der Waals surface area contributed by atoms with Gasteiger partial charge < -0.3 is 14.8 Å². The molecule has 124 valence electrons. The summed E-state index contributed by atoms with van der Waals surface area (Å²) in [5, 5.41) is 19.1. The Balaban J connectivity index is 2.04. The Kier molecular flexibility index (Phi) is 4.21. The second-order valence-corrected chi connectivity index (χ2v) is 7.20. The number of nitrogens with zero attached hydrogens (tertiary/aromatic N) is 1. The van der Waals surface area contributed by atoms with Crippen molar-refractivity contribution < 1.29 is 28.0 Å². The first kappa shape index (κ1) is 16.3. The van der Waals surface area contributed by atoms with Gasteiger partial charge in [0.25, 0.3) is 0 Å². The lowest BCUT2D eigenvalue weighted by Crippen LogP contribution is -2.47. The van der Waals surface area contributed by atoms with E-state index in [0.717, 1.165) is 4.31 Å². The fourth-order valence-electron chi connectivity index (χ4n) is 2.55. The van der Waals surface area contributed by atoms with E-state index in [4.69, 9.17) is 4.65 Å². The topological polar surface area (TPSA) is 104 Å². The summed E-state index contributed by atoms with van der Waals surface area (Å²) in [5.74, 6) is -1.68. The molecule has 9 heteroatoms. The van der Waals surface area contributed by atoms with Crippen LogP contribution in [0.1, 0.15) is 15.9 Å². The highest BCUT2D eigenvalue weighted by molar-refractivity contribution is 7.92. The van der Waals surface area contributed by atoms with Gasteiger partial charge in [-0.25, -0.2) is 13.2 Å². The number of fused-ring (bicyclic) bond motifs is 1. The molecule has 0 saturated carbocycles. The van der Waals surface area contributed by atoms with Crippen LogP contribution < -0.4 is 8.96 Å². The van der Waals surface area contributed by atoms with Crippen LogP contribution in [-0.4, -0.2) is 38.1 Å². The lowest BCUT2D eigenvalue weighted by molar-refractivity contribution is 0.0694. The molecule has 0 unspecified atom stereocenters. The van der Waals surface area contributed by atoms with E-state index in [0.29, 0.717) is 5.56 Å². The third-order valence-corrected chi connectivity index (χ3v) is 5.31. The van der Waals surface area contributed by atoms with E-state index < -0.39 is 23.1 Å². The van der Waals surface area contributed by atoms with Crippen LogP contribution in [0.5, 0.6) is 5.75 Å². The SMILES string of the molecule is O=C(O)c1cccc2c1OB(O)CN2S(=O)(=O)Cc1ccccc1. The van der Waals surface area contributed by atoms with Crippen molar-refractivity contribution in [2.24, 2.45) is 0 Å². The summed E-state index contributed by atoms with van der Waals surface area (Å²) in [6, 6.07) is 12.8. The zero-order chi connectivity index (χ0) is 17.3. The Morgan fingerprint density at radius 2 is 1.88 bits per heavy atom. The molecule has 0 spiro atoms. The lowest BCUT2D eigenvalue weighted by atomic mass is 9.88. The average molecular weight is 347 g/mol. The van der Waals surface area contributed by atoms with Crippen molar-refractivity contribution in [1.29, 1.82) is 0 Å². The van der Waals surface area contributed by atoms with Gasteiger partial charge in [-0.3, -0.25) is 4.31 Å². The highest BCUT2D eigenvalue weighted by Gasteiger charge is 2.38. The van der Waals surface area contributed by atoms with Crippen LogP contribution in [0.25, 0.3) is 0 Å². The Morgan fingerprint density at radius 3 is 2.54 bits per heavy atom. The van der Waals surface area contributed by atoms with E-state index in [-0.39, 0.29) is 29.2 Å². The van der Waals surface area contributed by atoms with Gasteiger partial charge in [0.1, 0.15) is 11.3 Å². The van der Waals surface area contributed by atoms with Gasteiger partial charge in [-0.2, -0.15) is 0 Å². The molecule has 0 atom stereocenters. The number of carboxylic acid groups (broad SMARTS) is 1. The summed E-state index contributed by atoms with van der Waals surface area (Å²) >= 11 is 0. The van der Waals surface area contributed by atoms with Crippen molar-refractivity contribution in [1.82, 2.24) is 0 Å². The minimum absolute atomic E-state index is 0.108. The third-order valence-electron chi connectivity index (χ3n) is 3.60. The second kappa shape index (κ2) is 6.18. The number of para-hydroxylation sites is 1. The molecule has 1 heterocycles. The Labute approximate surface area is 139 Å². The van der Waals surface area contributed by atoms with Crippen molar-refractivity contribution in [3.63, 3.8) is 0 Å². The molecule has 1 aliphatic rings. The molecule has 0 aliphatic carbocycles. The van der Waals surface area contributed by atoms with E-state index in [1.807, 2.05) is 0 Å². The zero-order valence-corrected chi connectivity index (χ0v) is 13.3. The second-order valence-electron chi connectivity index (χ2n) is 5.30. The van der Waals surface area contributed by atoms with Gasteiger partial charge in [0, 0.05) is 0 Å².